The van der Waals surface area contributed by atoms with Crippen LogP contribution < -0.4 is 4.74 Å². The van der Waals surface area contributed by atoms with E-state index in [0.29, 0.717) is 50.3 Å². The lowest BCUT2D eigenvalue weighted by Crippen LogP contribution is -2.34. The summed E-state index contributed by atoms with van der Waals surface area (Å²) in [6.07, 6.45) is 3.21. The molecule has 0 bridgehead atoms. The molecule has 0 aliphatic rings. The molecule has 0 unspecified atom stereocenters. The highest BCUT2D eigenvalue weighted by molar-refractivity contribution is 7.90. The normalized spacial score (nSPS) is 11.2. The summed E-state index contributed by atoms with van der Waals surface area (Å²) in [4.78, 5) is 27.5. The topological polar surface area (TPSA) is 90.0 Å². The van der Waals surface area contributed by atoms with Gasteiger partial charge in [0.25, 0.3) is 5.91 Å². The number of nitrogens with zero attached hydrogens (tertiary/aromatic N) is 1. The SMILES string of the molecule is CCOC(=O)COc1cccc(CCCN(CCC(c2ccccc2)c2ccccc2)C(=O)c2cccc(S(C)(=O)=O)c2)c1. The molecule has 0 radical (unpaired) electrons. The third-order valence-corrected chi connectivity index (χ3v) is 8.45. The van der Waals surface area contributed by atoms with Crippen molar-refractivity contribution < 1.29 is 27.5 Å². The molecule has 0 heterocycles. The molecule has 4 rings (SSSR count). The van der Waals surface area contributed by atoms with E-state index in [4.69, 9.17) is 9.47 Å². The zero-order valence-electron chi connectivity index (χ0n) is 25.2. The lowest BCUT2D eigenvalue weighted by Gasteiger charge is -2.26. The zero-order valence-corrected chi connectivity index (χ0v) is 26.0. The molecule has 0 aliphatic carbocycles. The van der Waals surface area contributed by atoms with Crippen molar-refractivity contribution in [2.45, 2.75) is 37.0 Å². The van der Waals surface area contributed by atoms with Gasteiger partial charge in [-0.25, -0.2) is 13.2 Å². The highest BCUT2D eigenvalue weighted by atomic mass is 32.2. The Labute approximate surface area is 260 Å². The second-order valence-electron chi connectivity index (χ2n) is 10.6. The van der Waals surface area contributed by atoms with Crippen molar-refractivity contribution in [2.75, 3.05) is 32.6 Å². The number of hydrogen-bond acceptors (Lipinski definition) is 6. The van der Waals surface area contributed by atoms with Crippen molar-refractivity contribution in [2.24, 2.45) is 0 Å². The van der Waals surface area contributed by atoms with Crippen molar-refractivity contribution in [1.29, 1.82) is 0 Å². The van der Waals surface area contributed by atoms with Gasteiger partial charge in [0.05, 0.1) is 11.5 Å². The van der Waals surface area contributed by atoms with Gasteiger partial charge in [-0.3, -0.25) is 4.79 Å². The van der Waals surface area contributed by atoms with E-state index >= 15 is 0 Å². The van der Waals surface area contributed by atoms with Crippen LogP contribution in [0, 0.1) is 0 Å². The maximum atomic E-state index is 13.9. The van der Waals surface area contributed by atoms with Gasteiger partial charge in [-0.1, -0.05) is 78.9 Å². The van der Waals surface area contributed by atoms with Gasteiger partial charge in [0.1, 0.15) is 5.75 Å². The molecule has 230 valence electrons. The summed E-state index contributed by atoms with van der Waals surface area (Å²) in [5, 5.41) is 0. The summed E-state index contributed by atoms with van der Waals surface area (Å²) in [5.41, 5.74) is 3.71. The molecule has 0 atom stereocenters. The molecule has 0 spiro atoms. The molecule has 0 N–H and O–H groups in total. The number of carbonyl (C=O) groups is 2. The first-order valence-corrected chi connectivity index (χ1v) is 16.7. The van der Waals surface area contributed by atoms with E-state index in [-0.39, 0.29) is 23.3 Å². The minimum absolute atomic E-state index is 0.0864. The fraction of sp³-hybridized carbons (Fsp3) is 0.278. The second kappa shape index (κ2) is 15.9. The molecule has 0 saturated carbocycles. The van der Waals surface area contributed by atoms with Crippen molar-refractivity contribution in [3.63, 3.8) is 0 Å². The first-order chi connectivity index (χ1) is 21.2. The van der Waals surface area contributed by atoms with Crippen LogP contribution in [0.3, 0.4) is 0 Å². The maximum absolute atomic E-state index is 13.9. The minimum Gasteiger partial charge on any atom is -0.482 e. The van der Waals surface area contributed by atoms with Crippen LogP contribution in [0.1, 0.15) is 52.7 Å². The molecule has 0 fully saturated rings. The standard InChI is InChI=1S/C36H39NO6S/c1-3-42-35(38)27-43-32-20-10-13-28(25-32)14-12-23-37(36(39)31-19-11-21-33(26-31)44(2,40)41)24-22-34(29-15-6-4-7-16-29)30-17-8-5-9-18-30/h4-11,13,15-21,25-26,34H,3,12,14,22-24,27H2,1-2H3. The molecule has 8 heteroatoms. The Morgan fingerprint density at radius 1 is 0.795 bits per heavy atom. The molecule has 7 nitrogen and oxygen atoms in total. The summed E-state index contributed by atoms with van der Waals surface area (Å²) in [6, 6.07) is 34.3. The number of esters is 1. The molecular weight excluding hydrogens is 574 g/mol. The van der Waals surface area contributed by atoms with Gasteiger partial charge in [-0.05, 0) is 73.2 Å². The fourth-order valence-corrected chi connectivity index (χ4v) is 5.82. The summed E-state index contributed by atoms with van der Waals surface area (Å²) in [7, 11) is -3.46. The van der Waals surface area contributed by atoms with Crippen LogP contribution in [-0.2, 0) is 25.8 Å². The predicted octanol–water partition coefficient (Wildman–Crippen LogP) is 6.33. The Kier molecular flexibility index (Phi) is 11.7. The van der Waals surface area contributed by atoms with Crippen LogP contribution in [-0.4, -0.2) is 57.8 Å². The van der Waals surface area contributed by atoms with E-state index in [2.05, 4.69) is 24.3 Å². The first-order valence-electron chi connectivity index (χ1n) is 14.8. The number of ether oxygens (including phenoxy) is 2. The van der Waals surface area contributed by atoms with Gasteiger partial charge in [-0.15, -0.1) is 0 Å². The van der Waals surface area contributed by atoms with E-state index in [0.717, 1.165) is 11.8 Å². The molecular formula is C36H39NO6S. The van der Waals surface area contributed by atoms with E-state index in [1.165, 1.54) is 23.3 Å². The number of carbonyl (C=O) groups excluding carboxylic acids is 2. The molecule has 44 heavy (non-hydrogen) atoms. The molecule has 4 aromatic carbocycles. The number of benzene rings is 4. The number of amides is 1. The maximum Gasteiger partial charge on any atom is 0.344 e. The van der Waals surface area contributed by atoms with Gasteiger partial charge in [0.15, 0.2) is 16.4 Å². The smallest absolute Gasteiger partial charge is 0.344 e. The number of hydrogen-bond donors (Lipinski definition) is 0. The van der Waals surface area contributed by atoms with Gasteiger partial charge in [0.2, 0.25) is 0 Å². The number of rotatable bonds is 15. The third-order valence-electron chi connectivity index (χ3n) is 7.34. The van der Waals surface area contributed by atoms with E-state index in [1.807, 2.05) is 59.5 Å². The molecule has 0 aliphatic heterocycles. The van der Waals surface area contributed by atoms with Crippen LogP contribution in [0.4, 0.5) is 0 Å². The van der Waals surface area contributed by atoms with Crippen molar-refractivity contribution in [3.05, 3.63) is 131 Å². The van der Waals surface area contributed by atoms with Gasteiger partial charge < -0.3 is 14.4 Å². The fourth-order valence-electron chi connectivity index (χ4n) is 5.15. The Morgan fingerprint density at radius 2 is 1.45 bits per heavy atom. The van der Waals surface area contributed by atoms with Gasteiger partial charge in [0, 0.05) is 30.8 Å². The summed E-state index contributed by atoms with van der Waals surface area (Å²) >= 11 is 0. The van der Waals surface area contributed by atoms with Gasteiger partial charge in [-0.2, -0.15) is 0 Å². The van der Waals surface area contributed by atoms with E-state index < -0.39 is 15.8 Å². The monoisotopic (exact) mass is 613 g/mol. The highest BCUT2D eigenvalue weighted by Gasteiger charge is 2.21. The van der Waals surface area contributed by atoms with Crippen molar-refractivity contribution >= 4 is 21.7 Å². The van der Waals surface area contributed by atoms with Gasteiger partial charge >= 0.3 is 5.97 Å². The Bertz CT molecular complexity index is 1580. The van der Waals surface area contributed by atoms with E-state index in [1.54, 1.807) is 25.1 Å². The van der Waals surface area contributed by atoms with Crippen molar-refractivity contribution in [3.8, 4) is 5.75 Å². The first kappa shape index (κ1) is 32.5. The lowest BCUT2D eigenvalue weighted by molar-refractivity contribution is -0.145. The van der Waals surface area contributed by atoms with Crippen LogP contribution >= 0.6 is 0 Å². The van der Waals surface area contributed by atoms with Crippen LogP contribution in [0.15, 0.2) is 114 Å². The average Bonchev–Trinajstić information content (AvgIpc) is 3.04. The summed E-state index contributed by atoms with van der Waals surface area (Å²) < 4.78 is 35.0. The average molecular weight is 614 g/mol. The Morgan fingerprint density at radius 3 is 2.09 bits per heavy atom. The number of sulfone groups is 1. The van der Waals surface area contributed by atoms with Crippen LogP contribution in [0.2, 0.25) is 0 Å². The largest absolute Gasteiger partial charge is 0.482 e. The summed E-state index contributed by atoms with van der Waals surface area (Å²) in [5.74, 6) is 0.0381. The minimum atomic E-state index is -3.46. The van der Waals surface area contributed by atoms with E-state index in [9.17, 15) is 18.0 Å². The number of aryl methyl sites for hydroxylation is 1. The molecule has 4 aromatic rings. The predicted molar refractivity (Wildman–Crippen MR) is 172 cm³/mol. The van der Waals surface area contributed by atoms with Crippen LogP contribution in [0.25, 0.3) is 0 Å². The highest BCUT2D eigenvalue weighted by Crippen LogP contribution is 2.28. The Hall–Kier alpha value is -4.43. The zero-order chi connectivity index (χ0) is 31.4. The molecule has 0 aromatic heterocycles. The molecule has 1 amide bonds. The summed E-state index contributed by atoms with van der Waals surface area (Å²) in [6.45, 7) is 2.85. The third kappa shape index (κ3) is 9.54. The second-order valence-corrected chi connectivity index (χ2v) is 12.6. The van der Waals surface area contributed by atoms with Crippen LogP contribution in [0.5, 0.6) is 5.75 Å². The lowest BCUT2D eigenvalue weighted by atomic mass is 9.88. The molecule has 0 saturated heterocycles. The Balaban J connectivity index is 1.52. The quantitative estimate of drug-likeness (QED) is 0.146. The van der Waals surface area contributed by atoms with Crippen molar-refractivity contribution in [1.82, 2.24) is 4.90 Å².